The van der Waals surface area contributed by atoms with Crippen molar-refractivity contribution in [3.63, 3.8) is 0 Å². The fourth-order valence-corrected chi connectivity index (χ4v) is 2.45. The number of alkyl halides is 3. The highest BCUT2D eigenvalue weighted by Gasteiger charge is 2.32. The van der Waals surface area contributed by atoms with Crippen LogP contribution in [0.4, 0.5) is 18.9 Å². The minimum atomic E-state index is -4.49. The summed E-state index contributed by atoms with van der Waals surface area (Å²) in [5.41, 5.74) is -0.674. The van der Waals surface area contributed by atoms with E-state index in [2.05, 4.69) is 5.32 Å². The second-order valence-corrected chi connectivity index (χ2v) is 5.85. The van der Waals surface area contributed by atoms with Crippen molar-refractivity contribution in [3.8, 4) is 5.75 Å². The lowest BCUT2D eigenvalue weighted by atomic mass is 10.1. The predicted molar refractivity (Wildman–Crippen MR) is 93.6 cm³/mol. The van der Waals surface area contributed by atoms with Crippen molar-refractivity contribution < 1.29 is 27.1 Å². The average Bonchev–Trinajstić information content (AvgIpc) is 3.11. The van der Waals surface area contributed by atoms with Crippen molar-refractivity contribution in [1.29, 1.82) is 0 Å². The van der Waals surface area contributed by atoms with Gasteiger partial charge in [0.15, 0.2) is 5.76 Å². The second-order valence-electron chi connectivity index (χ2n) is 5.85. The van der Waals surface area contributed by atoms with Gasteiger partial charge in [-0.05, 0) is 48.9 Å². The smallest absolute Gasteiger partial charge is 0.416 e. The Bertz CT molecular complexity index is 933. The lowest BCUT2D eigenvalue weighted by Crippen LogP contribution is -2.13. The minimum Gasteiger partial charge on any atom is -0.486 e. The fraction of sp³-hybridized carbons (Fsp3) is 0.150. The molecular weight excluding hydrogens is 359 g/mol. The molecule has 4 nitrogen and oxygen atoms in total. The number of ether oxygens (including phenoxy) is 1. The van der Waals surface area contributed by atoms with Gasteiger partial charge in [0.2, 0.25) is 0 Å². The number of rotatable bonds is 5. The molecule has 1 N–H and O–H groups in total. The Morgan fingerprint density at radius 3 is 2.52 bits per heavy atom. The number of halogens is 3. The van der Waals surface area contributed by atoms with Crippen LogP contribution in [-0.2, 0) is 12.8 Å². The molecule has 0 spiro atoms. The first-order valence-electron chi connectivity index (χ1n) is 8.09. The maximum atomic E-state index is 13.0. The number of carbonyl (C=O) groups is 1. The van der Waals surface area contributed by atoms with Crippen LogP contribution >= 0.6 is 0 Å². The summed E-state index contributed by atoms with van der Waals surface area (Å²) in [6.45, 7) is 1.49. The molecule has 0 aliphatic heterocycles. The lowest BCUT2D eigenvalue weighted by molar-refractivity contribution is -0.138. The van der Waals surface area contributed by atoms with Crippen molar-refractivity contribution in [3.05, 3.63) is 83.3 Å². The van der Waals surface area contributed by atoms with Crippen LogP contribution < -0.4 is 10.1 Å². The summed E-state index contributed by atoms with van der Waals surface area (Å²) in [6, 6.07) is 15.7. The van der Waals surface area contributed by atoms with Crippen LogP contribution in [0.25, 0.3) is 0 Å². The number of furan rings is 1. The molecule has 0 aliphatic rings. The van der Waals surface area contributed by atoms with E-state index in [4.69, 9.17) is 9.15 Å². The molecule has 1 heterocycles. The molecule has 0 unspecified atom stereocenters. The molecule has 3 aromatic rings. The van der Waals surface area contributed by atoms with E-state index in [9.17, 15) is 18.0 Å². The Balaban J connectivity index is 1.66. The number of anilines is 1. The molecule has 0 saturated carbocycles. The van der Waals surface area contributed by atoms with E-state index in [1.807, 2.05) is 18.2 Å². The summed E-state index contributed by atoms with van der Waals surface area (Å²) in [4.78, 5) is 12.2. The first-order chi connectivity index (χ1) is 12.8. The van der Waals surface area contributed by atoms with Gasteiger partial charge in [-0.1, -0.05) is 24.3 Å². The lowest BCUT2D eigenvalue weighted by Gasteiger charge is -2.12. The Morgan fingerprint density at radius 2 is 1.81 bits per heavy atom. The van der Waals surface area contributed by atoms with Gasteiger partial charge in [-0.25, -0.2) is 0 Å². The molecule has 0 bridgehead atoms. The topological polar surface area (TPSA) is 51.5 Å². The summed E-state index contributed by atoms with van der Waals surface area (Å²) in [5, 5.41) is 2.41. The van der Waals surface area contributed by atoms with E-state index < -0.39 is 17.6 Å². The molecule has 7 heteroatoms. The van der Waals surface area contributed by atoms with Gasteiger partial charge in [0, 0.05) is 5.69 Å². The van der Waals surface area contributed by atoms with Crippen LogP contribution in [0.5, 0.6) is 5.75 Å². The van der Waals surface area contributed by atoms with Gasteiger partial charge in [-0.15, -0.1) is 0 Å². The number of carbonyl (C=O) groups excluding carboxylic acids is 1. The first-order valence-corrected chi connectivity index (χ1v) is 8.09. The average molecular weight is 375 g/mol. The largest absolute Gasteiger partial charge is 0.486 e. The molecule has 2 aromatic carbocycles. The van der Waals surface area contributed by atoms with Gasteiger partial charge < -0.3 is 14.5 Å². The highest BCUT2D eigenvalue weighted by atomic mass is 19.4. The number of para-hydroxylation sites is 1. The molecule has 0 radical (unpaired) electrons. The number of hydrogen-bond acceptors (Lipinski definition) is 3. The monoisotopic (exact) mass is 375 g/mol. The van der Waals surface area contributed by atoms with Crippen molar-refractivity contribution >= 4 is 11.6 Å². The van der Waals surface area contributed by atoms with Gasteiger partial charge in [0.1, 0.15) is 18.1 Å². The highest BCUT2D eigenvalue weighted by Crippen LogP contribution is 2.33. The first kappa shape index (κ1) is 18.6. The van der Waals surface area contributed by atoms with Crippen LogP contribution in [-0.4, -0.2) is 5.91 Å². The van der Waals surface area contributed by atoms with Crippen LogP contribution in [0.1, 0.15) is 27.4 Å². The second kappa shape index (κ2) is 7.57. The number of nitrogens with one attached hydrogen (secondary N) is 1. The molecule has 140 valence electrons. The molecule has 1 aromatic heterocycles. The summed E-state index contributed by atoms with van der Waals surface area (Å²) < 4.78 is 49.8. The van der Waals surface area contributed by atoms with E-state index in [1.54, 1.807) is 18.2 Å². The van der Waals surface area contributed by atoms with Crippen LogP contribution in [0, 0.1) is 6.92 Å². The van der Waals surface area contributed by atoms with Gasteiger partial charge in [-0.3, -0.25) is 4.79 Å². The molecule has 0 atom stereocenters. The zero-order chi connectivity index (χ0) is 19.4. The van der Waals surface area contributed by atoms with Crippen LogP contribution in [0.2, 0.25) is 0 Å². The maximum Gasteiger partial charge on any atom is 0.416 e. The minimum absolute atomic E-state index is 0.0178. The van der Waals surface area contributed by atoms with Gasteiger partial charge in [0.25, 0.3) is 5.91 Å². The van der Waals surface area contributed by atoms with Crippen molar-refractivity contribution in [2.75, 3.05) is 5.32 Å². The standard InChI is InChI=1S/C20H16F3NO3/c1-13-7-8-14(11-17(13)20(21,22)23)24-19(25)18-10-9-16(27-18)12-26-15-5-3-2-4-6-15/h2-11H,12H2,1H3,(H,24,25). The predicted octanol–water partition coefficient (Wildman–Crippen LogP) is 5.44. The van der Waals surface area contributed by atoms with Crippen molar-refractivity contribution in [1.82, 2.24) is 0 Å². The molecule has 0 fully saturated rings. The Hall–Kier alpha value is -3.22. The van der Waals surface area contributed by atoms with E-state index in [0.29, 0.717) is 11.5 Å². The Kier molecular flexibility index (Phi) is 5.21. The Morgan fingerprint density at radius 1 is 1.07 bits per heavy atom. The summed E-state index contributed by atoms with van der Waals surface area (Å²) in [7, 11) is 0. The zero-order valence-corrected chi connectivity index (χ0v) is 14.3. The van der Waals surface area contributed by atoms with Crippen LogP contribution in [0.3, 0.4) is 0 Å². The number of hydrogen-bond donors (Lipinski definition) is 1. The van der Waals surface area contributed by atoms with E-state index in [1.165, 1.54) is 25.1 Å². The van der Waals surface area contributed by atoms with E-state index in [-0.39, 0.29) is 23.6 Å². The van der Waals surface area contributed by atoms with Gasteiger partial charge in [-0.2, -0.15) is 13.2 Å². The third-order valence-corrected chi connectivity index (χ3v) is 3.81. The van der Waals surface area contributed by atoms with Gasteiger partial charge in [0.05, 0.1) is 5.56 Å². The normalized spacial score (nSPS) is 11.3. The van der Waals surface area contributed by atoms with Crippen molar-refractivity contribution in [2.24, 2.45) is 0 Å². The molecule has 1 amide bonds. The third-order valence-electron chi connectivity index (χ3n) is 3.81. The SMILES string of the molecule is Cc1ccc(NC(=O)c2ccc(COc3ccccc3)o2)cc1C(F)(F)F. The highest BCUT2D eigenvalue weighted by molar-refractivity contribution is 6.02. The quantitative estimate of drug-likeness (QED) is 0.646. The summed E-state index contributed by atoms with van der Waals surface area (Å²) >= 11 is 0. The molecular formula is C20H16F3NO3. The van der Waals surface area contributed by atoms with E-state index >= 15 is 0 Å². The zero-order valence-electron chi connectivity index (χ0n) is 14.3. The number of benzene rings is 2. The van der Waals surface area contributed by atoms with Crippen molar-refractivity contribution in [2.45, 2.75) is 19.7 Å². The fourth-order valence-electron chi connectivity index (χ4n) is 2.45. The summed E-state index contributed by atoms with van der Waals surface area (Å²) in [5.74, 6) is 0.414. The molecule has 3 rings (SSSR count). The maximum absolute atomic E-state index is 13.0. The third kappa shape index (κ3) is 4.69. The molecule has 27 heavy (non-hydrogen) atoms. The number of amides is 1. The molecule has 0 aliphatic carbocycles. The van der Waals surface area contributed by atoms with Crippen LogP contribution in [0.15, 0.2) is 65.1 Å². The van der Waals surface area contributed by atoms with Gasteiger partial charge >= 0.3 is 6.18 Å². The molecule has 0 saturated heterocycles. The van der Waals surface area contributed by atoms with E-state index in [0.717, 1.165) is 6.07 Å². The number of aryl methyl sites for hydroxylation is 1. The Labute approximate surface area is 153 Å². The summed E-state index contributed by atoms with van der Waals surface area (Å²) in [6.07, 6.45) is -4.49.